The van der Waals surface area contributed by atoms with Crippen molar-refractivity contribution in [3.63, 3.8) is 0 Å². The predicted octanol–water partition coefficient (Wildman–Crippen LogP) is 2.57. The number of H-pyrrole nitrogens is 1. The lowest BCUT2D eigenvalue weighted by molar-refractivity contribution is 0.0503. The molecule has 0 saturated carbocycles. The first-order valence-corrected chi connectivity index (χ1v) is 6.54. The minimum absolute atomic E-state index is 0.101. The summed E-state index contributed by atoms with van der Waals surface area (Å²) in [5.41, 5.74) is 2.73. The molecule has 2 aromatic rings. The van der Waals surface area contributed by atoms with Crippen LogP contribution < -0.4 is 4.74 Å². The van der Waals surface area contributed by atoms with Crippen LogP contribution in [-0.2, 0) is 11.2 Å². The Labute approximate surface area is 122 Å². The molecule has 0 saturated heterocycles. The first kappa shape index (κ1) is 15.0. The number of hydrogen-bond donors (Lipinski definition) is 1. The molecule has 1 heterocycles. The number of aromatic amines is 1. The molecule has 112 valence electrons. The second kappa shape index (κ2) is 6.39. The zero-order valence-electron chi connectivity index (χ0n) is 12.2. The molecular formula is C15H17FN2O3. The molecule has 1 aromatic heterocycles. The number of ether oxygens (including phenoxy) is 2. The van der Waals surface area contributed by atoms with Crippen molar-refractivity contribution >= 4 is 5.97 Å². The Morgan fingerprint density at radius 3 is 2.71 bits per heavy atom. The van der Waals surface area contributed by atoms with Crippen molar-refractivity contribution in [3.8, 4) is 5.75 Å². The molecule has 1 N–H and O–H groups in total. The van der Waals surface area contributed by atoms with Gasteiger partial charge in [-0.1, -0.05) is 0 Å². The maximum Gasteiger partial charge on any atom is 0.341 e. The molecule has 0 atom stereocenters. The Hall–Kier alpha value is -2.37. The summed E-state index contributed by atoms with van der Waals surface area (Å²) in [5.74, 6) is -0.988. The van der Waals surface area contributed by atoms with E-state index in [1.54, 1.807) is 0 Å². The molecule has 0 spiro atoms. The van der Waals surface area contributed by atoms with E-state index in [-0.39, 0.29) is 12.2 Å². The van der Waals surface area contributed by atoms with Crippen LogP contribution in [-0.4, -0.2) is 29.9 Å². The summed E-state index contributed by atoms with van der Waals surface area (Å²) in [7, 11) is 1.43. The molecule has 1 aromatic carbocycles. The number of benzene rings is 1. The van der Waals surface area contributed by atoms with Gasteiger partial charge in [0, 0.05) is 18.2 Å². The average molecular weight is 292 g/mol. The van der Waals surface area contributed by atoms with Gasteiger partial charge in [0.05, 0.1) is 25.0 Å². The van der Waals surface area contributed by atoms with Crippen LogP contribution in [0.15, 0.2) is 18.2 Å². The number of carbonyl (C=O) groups is 1. The van der Waals surface area contributed by atoms with Crippen molar-refractivity contribution in [2.75, 3.05) is 13.7 Å². The third-order valence-electron chi connectivity index (χ3n) is 3.26. The second-order valence-corrected chi connectivity index (χ2v) is 4.64. The number of aryl methyl sites for hydroxylation is 2. The molecule has 0 aliphatic carbocycles. The number of esters is 1. The fourth-order valence-corrected chi connectivity index (χ4v) is 2.05. The number of halogens is 1. The Morgan fingerprint density at radius 1 is 1.38 bits per heavy atom. The fourth-order valence-electron chi connectivity index (χ4n) is 2.05. The van der Waals surface area contributed by atoms with Crippen LogP contribution in [0, 0.1) is 19.7 Å². The van der Waals surface area contributed by atoms with Gasteiger partial charge in [0.1, 0.15) is 11.6 Å². The average Bonchev–Trinajstić information content (AvgIpc) is 2.78. The topological polar surface area (TPSA) is 64.2 Å². The van der Waals surface area contributed by atoms with Crippen molar-refractivity contribution in [2.24, 2.45) is 0 Å². The first-order chi connectivity index (χ1) is 10.0. The summed E-state index contributed by atoms with van der Waals surface area (Å²) in [6.45, 7) is 3.95. The first-order valence-electron chi connectivity index (χ1n) is 6.54. The van der Waals surface area contributed by atoms with Gasteiger partial charge in [0.25, 0.3) is 0 Å². The third-order valence-corrected chi connectivity index (χ3v) is 3.26. The number of hydrogen-bond acceptors (Lipinski definition) is 4. The van der Waals surface area contributed by atoms with Crippen molar-refractivity contribution in [3.05, 3.63) is 46.5 Å². The van der Waals surface area contributed by atoms with Gasteiger partial charge >= 0.3 is 5.97 Å². The van der Waals surface area contributed by atoms with E-state index in [2.05, 4.69) is 10.2 Å². The van der Waals surface area contributed by atoms with E-state index < -0.39 is 11.8 Å². The summed E-state index contributed by atoms with van der Waals surface area (Å²) in [6.07, 6.45) is 0.539. The highest BCUT2D eigenvalue weighted by molar-refractivity contribution is 5.89. The van der Waals surface area contributed by atoms with Gasteiger partial charge in [-0.3, -0.25) is 5.10 Å². The lowest BCUT2D eigenvalue weighted by Crippen LogP contribution is -2.10. The number of methoxy groups -OCH3 is 1. The lowest BCUT2D eigenvalue weighted by Gasteiger charge is -2.07. The Balaban J connectivity index is 1.96. The molecule has 5 nitrogen and oxygen atoms in total. The normalized spacial score (nSPS) is 10.5. The van der Waals surface area contributed by atoms with Crippen molar-refractivity contribution < 1.29 is 18.7 Å². The predicted molar refractivity (Wildman–Crippen MR) is 75.0 cm³/mol. The minimum Gasteiger partial charge on any atom is -0.497 e. The highest BCUT2D eigenvalue weighted by atomic mass is 19.1. The number of rotatable bonds is 5. The summed E-state index contributed by atoms with van der Waals surface area (Å²) >= 11 is 0. The van der Waals surface area contributed by atoms with E-state index in [0.29, 0.717) is 12.2 Å². The summed E-state index contributed by atoms with van der Waals surface area (Å²) in [4.78, 5) is 11.8. The zero-order chi connectivity index (χ0) is 15.4. The molecule has 0 fully saturated rings. The van der Waals surface area contributed by atoms with E-state index in [4.69, 9.17) is 9.47 Å². The van der Waals surface area contributed by atoms with Gasteiger partial charge in [0.15, 0.2) is 0 Å². The second-order valence-electron chi connectivity index (χ2n) is 4.64. The SMILES string of the molecule is COc1ccc(C(=O)OCCc2c(C)n[nH]c2C)c(F)c1. The van der Waals surface area contributed by atoms with Gasteiger partial charge in [-0.25, -0.2) is 9.18 Å². The van der Waals surface area contributed by atoms with Crippen molar-refractivity contribution in [2.45, 2.75) is 20.3 Å². The Morgan fingerprint density at radius 2 is 2.14 bits per heavy atom. The van der Waals surface area contributed by atoms with Crippen LogP contribution in [0.1, 0.15) is 27.3 Å². The quantitative estimate of drug-likeness (QED) is 0.860. The molecule has 21 heavy (non-hydrogen) atoms. The van der Waals surface area contributed by atoms with Crippen LogP contribution in [0.4, 0.5) is 4.39 Å². The van der Waals surface area contributed by atoms with Crippen molar-refractivity contribution in [1.29, 1.82) is 0 Å². The molecule has 0 aliphatic rings. The van der Waals surface area contributed by atoms with Crippen LogP contribution in [0.3, 0.4) is 0 Å². The number of carbonyl (C=O) groups excluding carboxylic acids is 1. The molecule has 0 amide bonds. The largest absolute Gasteiger partial charge is 0.497 e. The summed E-state index contributed by atoms with van der Waals surface area (Å²) < 4.78 is 23.7. The molecular weight excluding hydrogens is 275 g/mol. The van der Waals surface area contributed by atoms with Gasteiger partial charge < -0.3 is 9.47 Å². The number of nitrogens with zero attached hydrogens (tertiary/aromatic N) is 1. The van der Waals surface area contributed by atoms with E-state index >= 15 is 0 Å². The minimum atomic E-state index is -0.686. The molecule has 2 rings (SSSR count). The smallest absolute Gasteiger partial charge is 0.341 e. The van der Waals surface area contributed by atoms with Crippen LogP contribution in [0.5, 0.6) is 5.75 Å². The maximum absolute atomic E-state index is 13.7. The molecule has 0 unspecified atom stereocenters. The number of nitrogens with one attached hydrogen (secondary N) is 1. The molecule has 0 aliphatic heterocycles. The molecule has 0 radical (unpaired) electrons. The molecule has 6 heteroatoms. The fraction of sp³-hybridized carbons (Fsp3) is 0.333. The van der Waals surface area contributed by atoms with Gasteiger partial charge in [-0.2, -0.15) is 5.10 Å². The molecule has 0 bridgehead atoms. The number of aromatic nitrogens is 2. The van der Waals surface area contributed by atoms with Gasteiger partial charge in [-0.05, 0) is 31.5 Å². The lowest BCUT2D eigenvalue weighted by atomic mass is 10.1. The van der Waals surface area contributed by atoms with E-state index in [9.17, 15) is 9.18 Å². The maximum atomic E-state index is 13.7. The Bertz CT molecular complexity index is 633. The van der Waals surface area contributed by atoms with Gasteiger partial charge in [-0.15, -0.1) is 0 Å². The van der Waals surface area contributed by atoms with Crippen LogP contribution >= 0.6 is 0 Å². The standard InChI is InChI=1S/C15H17FN2O3/c1-9-12(10(2)18-17-9)6-7-21-15(19)13-5-4-11(20-3)8-14(13)16/h4-5,8H,6-7H2,1-3H3,(H,17,18). The van der Waals surface area contributed by atoms with Crippen LogP contribution in [0.2, 0.25) is 0 Å². The summed E-state index contributed by atoms with van der Waals surface area (Å²) in [5, 5.41) is 6.93. The van der Waals surface area contributed by atoms with E-state index in [0.717, 1.165) is 23.0 Å². The monoisotopic (exact) mass is 292 g/mol. The van der Waals surface area contributed by atoms with E-state index in [1.807, 2.05) is 13.8 Å². The zero-order valence-corrected chi connectivity index (χ0v) is 12.2. The Kier molecular flexibility index (Phi) is 4.57. The van der Waals surface area contributed by atoms with Crippen molar-refractivity contribution in [1.82, 2.24) is 10.2 Å². The highest BCUT2D eigenvalue weighted by Crippen LogP contribution is 2.17. The van der Waals surface area contributed by atoms with Crippen LogP contribution in [0.25, 0.3) is 0 Å². The third kappa shape index (κ3) is 3.39. The van der Waals surface area contributed by atoms with Gasteiger partial charge in [0.2, 0.25) is 0 Å². The van der Waals surface area contributed by atoms with E-state index in [1.165, 1.54) is 19.2 Å². The highest BCUT2D eigenvalue weighted by Gasteiger charge is 2.14. The summed E-state index contributed by atoms with van der Waals surface area (Å²) in [6, 6.07) is 4.02.